The number of nitriles is 1. The quantitative estimate of drug-likeness (QED) is 0.744. The third-order valence-electron chi connectivity index (χ3n) is 5.40. The summed E-state index contributed by atoms with van der Waals surface area (Å²) in [6.45, 7) is 4.29. The first-order valence-corrected chi connectivity index (χ1v) is 11.3. The molecular weight excluding hydrogens is 428 g/mol. The molecule has 0 saturated carbocycles. The molecule has 1 aromatic heterocycles. The zero-order valence-corrected chi connectivity index (χ0v) is 18.1. The predicted molar refractivity (Wildman–Crippen MR) is 110 cm³/mol. The van der Waals surface area contributed by atoms with Crippen LogP contribution in [0.1, 0.15) is 28.5 Å². The number of aryl methyl sites for hydroxylation is 1. The molecule has 1 fully saturated rings. The van der Waals surface area contributed by atoms with Crippen LogP contribution in [0.3, 0.4) is 0 Å². The van der Waals surface area contributed by atoms with Gasteiger partial charge in [0.2, 0.25) is 0 Å². The average Bonchev–Trinajstić information content (AvgIpc) is 3.07. The number of hydrogen-bond acceptors (Lipinski definition) is 5. The molecule has 4 rings (SSSR count). The van der Waals surface area contributed by atoms with E-state index in [1.165, 1.54) is 6.07 Å². The largest absolute Gasteiger partial charge is 0.492 e. The van der Waals surface area contributed by atoms with Crippen LogP contribution in [0.2, 0.25) is 5.02 Å². The zero-order chi connectivity index (χ0) is 21.7. The van der Waals surface area contributed by atoms with Crippen molar-refractivity contribution in [1.29, 1.82) is 5.26 Å². The SMILES string of the molecule is Cc1[nH]c(S(=O)(=O)NC2COc3ccc(Cl)cc3C2)cc1C(=O)N1CC(C)(C#N)C1. The highest BCUT2D eigenvalue weighted by atomic mass is 35.5. The fourth-order valence-corrected chi connectivity index (χ4v) is 5.27. The second-order valence-electron chi connectivity index (χ2n) is 8.09. The van der Waals surface area contributed by atoms with Crippen LogP contribution in [-0.2, 0) is 16.4 Å². The van der Waals surface area contributed by atoms with Crippen molar-refractivity contribution in [3.63, 3.8) is 0 Å². The summed E-state index contributed by atoms with van der Waals surface area (Å²) in [6.07, 6.45) is 0.446. The fraction of sp³-hybridized carbons (Fsp3) is 0.400. The van der Waals surface area contributed by atoms with E-state index in [2.05, 4.69) is 15.8 Å². The van der Waals surface area contributed by atoms with Gasteiger partial charge in [-0.05, 0) is 50.1 Å². The molecule has 1 aromatic carbocycles. The standard InChI is InChI=1S/C20H21ClN4O4S/c1-12-16(19(26)25-10-20(2,9-22)11-25)7-18(23-12)30(27,28)24-15-6-13-5-14(21)3-4-17(13)29-8-15/h3-5,7,15,23-24H,6,8,10-11H2,1-2H3. The molecule has 2 N–H and O–H groups in total. The molecule has 3 heterocycles. The Labute approximate surface area is 179 Å². The Morgan fingerprint density at radius 3 is 2.83 bits per heavy atom. The molecule has 1 unspecified atom stereocenters. The van der Waals surface area contributed by atoms with Gasteiger partial charge in [-0.15, -0.1) is 0 Å². The van der Waals surface area contributed by atoms with Crippen molar-refractivity contribution in [1.82, 2.24) is 14.6 Å². The number of sulfonamides is 1. The number of hydrogen-bond donors (Lipinski definition) is 2. The number of benzene rings is 1. The smallest absolute Gasteiger partial charge is 0.256 e. The van der Waals surface area contributed by atoms with Crippen molar-refractivity contribution in [3.8, 4) is 11.8 Å². The Kier molecular flexibility index (Phi) is 5.04. The number of fused-ring (bicyclic) bond motifs is 1. The van der Waals surface area contributed by atoms with E-state index in [0.29, 0.717) is 36.0 Å². The van der Waals surface area contributed by atoms with Crippen LogP contribution in [-0.4, -0.2) is 49.9 Å². The average molecular weight is 449 g/mol. The molecule has 1 amide bonds. The number of carbonyl (C=O) groups is 1. The van der Waals surface area contributed by atoms with Crippen LogP contribution in [0.25, 0.3) is 0 Å². The zero-order valence-electron chi connectivity index (χ0n) is 16.5. The van der Waals surface area contributed by atoms with Gasteiger partial charge in [0.15, 0.2) is 0 Å². The second kappa shape index (κ2) is 7.30. The van der Waals surface area contributed by atoms with Crippen molar-refractivity contribution in [3.05, 3.63) is 46.1 Å². The van der Waals surface area contributed by atoms with Crippen molar-refractivity contribution in [2.45, 2.75) is 31.3 Å². The molecule has 2 aromatic rings. The minimum Gasteiger partial charge on any atom is -0.492 e. The number of carbonyl (C=O) groups excluding carboxylic acids is 1. The number of amides is 1. The fourth-order valence-electron chi connectivity index (χ4n) is 3.80. The normalized spacial score (nSPS) is 19.9. The Bertz CT molecular complexity index is 1160. The second-order valence-corrected chi connectivity index (χ2v) is 10.2. The highest BCUT2D eigenvalue weighted by molar-refractivity contribution is 7.89. The number of aromatic amines is 1. The Morgan fingerprint density at radius 1 is 1.40 bits per heavy atom. The van der Waals surface area contributed by atoms with Gasteiger partial charge < -0.3 is 14.6 Å². The summed E-state index contributed by atoms with van der Waals surface area (Å²) >= 11 is 6.02. The van der Waals surface area contributed by atoms with E-state index in [0.717, 1.165) is 5.56 Å². The van der Waals surface area contributed by atoms with Crippen LogP contribution in [0, 0.1) is 23.7 Å². The van der Waals surface area contributed by atoms with E-state index in [9.17, 15) is 13.2 Å². The van der Waals surface area contributed by atoms with Crippen molar-refractivity contribution in [2.75, 3.05) is 19.7 Å². The molecule has 158 valence electrons. The van der Waals surface area contributed by atoms with Gasteiger partial charge in [0.1, 0.15) is 17.4 Å². The number of halogens is 1. The van der Waals surface area contributed by atoms with Crippen LogP contribution < -0.4 is 9.46 Å². The lowest BCUT2D eigenvalue weighted by Gasteiger charge is -2.43. The highest BCUT2D eigenvalue weighted by Gasteiger charge is 2.42. The summed E-state index contributed by atoms with van der Waals surface area (Å²) in [4.78, 5) is 17.0. The number of likely N-dealkylation sites (tertiary alicyclic amines) is 1. The molecule has 8 nitrogen and oxygen atoms in total. The maximum Gasteiger partial charge on any atom is 0.256 e. The molecular formula is C20H21ClN4O4S. The Balaban J connectivity index is 1.48. The summed E-state index contributed by atoms with van der Waals surface area (Å²) in [5, 5.41) is 9.59. The number of aromatic nitrogens is 1. The van der Waals surface area contributed by atoms with E-state index < -0.39 is 21.5 Å². The van der Waals surface area contributed by atoms with Gasteiger partial charge in [-0.2, -0.15) is 5.26 Å². The molecule has 0 aliphatic carbocycles. The molecule has 1 saturated heterocycles. The van der Waals surface area contributed by atoms with E-state index in [-0.39, 0.29) is 23.1 Å². The summed E-state index contributed by atoms with van der Waals surface area (Å²) in [5.41, 5.74) is 1.03. The molecule has 2 aliphatic heterocycles. The van der Waals surface area contributed by atoms with Crippen molar-refractivity contribution < 1.29 is 17.9 Å². The summed E-state index contributed by atoms with van der Waals surface area (Å²) < 4.78 is 34.0. The third-order valence-corrected chi connectivity index (χ3v) is 7.08. The summed E-state index contributed by atoms with van der Waals surface area (Å²) in [7, 11) is -3.89. The third kappa shape index (κ3) is 3.78. The molecule has 10 heteroatoms. The summed E-state index contributed by atoms with van der Waals surface area (Å²) in [6, 6.07) is 8.32. The first kappa shape index (κ1) is 20.7. The van der Waals surface area contributed by atoms with E-state index >= 15 is 0 Å². The highest BCUT2D eigenvalue weighted by Crippen LogP contribution is 2.31. The van der Waals surface area contributed by atoms with Crippen molar-refractivity contribution in [2.24, 2.45) is 5.41 Å². The van der Waals surface area contributed by atoms with Crippen LogP contribution in [0.5, 0.6) is 5.75 Å². The summed E-state index contributed by atoms with van der Waals surface area (Å²) in [5.74, 6) is 0.403. The molecule has 0 radical (unpaired) electrons. The number of ether oxygens (including phenoxy) is 1. The van der Waals surface area contributed by atoms with Crippen LogP contribution in [0.15, 0.2) is 29.3 Å². The Hall–Kier alpha value is -2.54. The maximum atomic E-state index is 12.9. The predicted octanol–water partition coefficient (Wildman–Crippen LogP) is 2.24. The first-order valence-electron chi connectivity index (χ1n) is 9.44. The van der Waals surface area contributed by atoms with Gasteiger partial charge in [0.25, 0.3) is 15.9 Å². The van der Waals surface area contributed by atoms with Crippen LogP contribution in [0.4, 0.5) is 0 Å². The van der Waals surface area contributed by atoms with Crippen LogP contribution >= 0.6 is 11.6 Å². The lowest BCUT2D eigenvalue weighted by Crippen LogP contribution is -2.56. The number of nitrogens with zero attached hydrogens (tertiary/aromatic N) is 2. The van der Waals surface area contributed by atoms with E-state index in [4.69, 9.17) is 21.6 Å². The molecule has 1 atom stereocenters. The van der Waals surface area contributed by atoms with Gasteiger partial charge in [-0.3, -0.25) is 4.79 Å². The van der Waals surface area contributed by atoms with Crippen molar-refractivity contribution >= 4 is 27.5 Å². The first-order chi connectivity index (χ1) is 14.1. The Morgan fingerprint density at radius 2 is 2.13 bits per heavy atom. The molecule has 2 aliphatic rings. The maximum absolute atomic E-state index is 12.9. The molecule has 0 bridgehead atoms. The van der Waals surface area contributed by atoms with E-state index in [1.54, 1.807) is 36.9 Å². The van der Waals surface area contributed by atoms with Gasteiger partial charge in [0, 0.05) is 23.8 Å². The lowest BCUT2D eigenvalue weighted by atomic mass is 9.83. The lowest BCUT2D eigenvalue weighted by molar-refractivity contribution is 0.0368. The number of nitrogens with one attached hydrogen (secondary N) is 2. The van der Waals surface area contributed by atoms with Gasteiger partial charge >= 0.3 is 0 Å². The van der Waals surface area contributed by atoms with E-state index in [1.807, 2.05) is 0 Å². The topological polar surface area (TPSA) is 115 Å². The number of rotatable bonds is 4. The van der Waals surface area contributed by atoms with Gasteiger partial charge in [-0.1, -0.05) is 11.6 Å². The minimum atomic E-state index is -3.89. The van der Waals surface area contributed by atoms with Gasteiger partial charge in [-0.25, -0.2) is 13.1 Å². The minimum absolute atomic E-state index is 0.0798. The van der Waals surface area contributed by atoms with Gasteiger partial charge in [0.05, 0.1) is 23.1 Å². The molecule has 30 heavy (non-hydrogen) atoms. The molecule has 0 spiro atoms. The number of H-pyrrole nitrogens is 1. The monoisotopic (exact) mass is 448 g/mol.